The van der Waals surface area contributed by atoms with E-state index in [-0.39, 0.29) is 0 Å². The fraction of sp³-hybridized carbons (Fsp3) is 0.579. The molecule has 0 amide bonds. The van der Waals surface area contributed by atoms with Crippen LogP contribution in [0, 0.1) is 11.8 Å². The lowest BCUT2D eigenvalue weighted by molar-refractivity contribution is 0.431. The molecule has 1 aromatic rings. The summed E-state index contributed by atoms with van der Waals surface area (Å²) >= 11 is 0. The van der Waals surface area contributed by atoms with Crippen molar-refractivity contribution in [2.24, 2.45) is 11.8 Å². The maximum absolute atomic E-state index is 4.13. The zero-order valence-corrected chi connectivity index (χ0v) is 12.9. The van der Waals surface area contributed by atoms with Crippen LogP contribution in [0.15, 0.2) is 36.4 Å². The summed E-state index contributed by atoms with van der Waals surface area (Å²) < 4.78 is 0. The fourth-order valence-corrected chi connectivity index (χ4v) is 4.22. The molecular weight excluding hydrogens is 242 g/mol. The predicted molar refractivity (Wildman–Crippen MR) is 86.0 cm³/mol. The van der Waals surface area contributed by atoms with E-state index in [0.717, 1.165) is 30.7 Å². The lowest BCUT2D eigenvalue weighted by Crippen LogP contribution is -2.33. The van der Waals surface area contributed by atoms with Crippen molar-refractivity contribution in [1.82, 2.24) is 5.32 Å². The van der Waals surface area contributed by atoms with Crippen molar-refractivity contribution in [2.45, 2.75) is 51.5 Å². The molecule has 0 aliphatic heterocycles. The molecule has 4 atom stereocenters. The minimum absolute atomic E-state index is 0.633. The van der Waals surface area contributed by atoms with Gasteiger partial charge in [-0.25, -0.2) is 0 Å². The Labute approximate surface area is 123 Å². The van der Waals surface area contributed by atoms with Gasteiger partial charge < -0.3 is 5.32 Å². The van der Waals surface area contributed by atoms with Crippen LogP contribution in [0.2, 0.25) is 0 Å². The smallest absolute Gasteiger partial charge is 0.0141 e. The Balaban J connectivity index is 1.76. The Morgan fingerprint density at radius 1 is 1.40 bits per heavy atom. The van der Waals surface area contributed by atoms with Gasteiger partial charge in [0.25, 0.3) is 0 Å². The summed E-state index contributed by atoms with van der Waals surface area (Å²) in [4.78, 5) is 0. The lowest BCUT2D eigenvalue weighted by atomic mass is 9.92. The molecule has 1 fully saturated rings. The van der Waals surface area contributed by atoms with E-state index in [2.05, 4.69) is 50.0 Å². The van der Waals surface area contributed by atoms with Gasteiger partial charge in [0.05, 0.1) is 0 Å². The van der Waals surface area contributed by atoms with Gasteiger partial charge in [0.15, 0.2) is 0 Å². The van der Waals surface area contributed by atoms with Crippen LogP contribution >= 0.6 is 0 Å². The van der Waals surface area contributed by atoms with Gasteiger partial charge in [-0.15, -0.1) is 6.58 Å². The number of fused-ring (bicyclic) bond motifs is 3. The Kier molecular flexibility index (Phi) is 3.98. The van der Waals surface area contributed by atoms with Crippen LogP contribution in [-0.2, 0) is 6.42 Å². The second-order valence-corrected chi connectivity index (χ2v) is 6.73. The highest BCUT2D eigenvalue weighted by Gasteiger charge is 2.55. The topological polar surface area (TPSA) is 12.0 Å². The Morgan fingerprint density at radius 3 is 2.95 bits per heavy atom. The zero-order chi connectivity index (χ0) is 14.1. The van der Waals surface area contributed by atoms with Crippen molar-refractivity contribution < 1.29 is 0 Å². The third kappa shape index (κ3) is 2.56. The number of aryl methyl sites for hydroxylation is 1. The number of hydrogen-bond donors (Lipinski definition) is 1. The van der Waals surface area contributed by atoms with E-state index in [1.54, 1.807) is 11.1 Å². The van der Waals surface area contributed by atoms with Gasteiger partial charge in [-0.1, -0.05) is 36.8 Å². The van der Waals surface area contributed by atoms with Crippen molar-refractivity contribution in [2.75, 3.05) is 6.54 Å². The second kappa shape index (κ2) is 5.73. The van der Waals surface area contributed by atoms with Crippen LogP contribution in [0.5, 0.6) is 0 Å². The first-order valence-electron chi connectivity index (χ1n) is 8.18. The summed E-state index contributed by atoms with van der Waals surface area (Å²) in [5.41, 5.74) is 4.55. The van der Waals surface area contributed by atoms with E-state index in [1.807, 2.05) is 0 Å². The van der Waals surface area contributed by atoms with E-state index >= 15 is 0 Å². The van der Waals surface area contributed by atoms with Gasteiger partial charge >= 0.3 is 0 Å². The van der Waals surface area contributed by atoms with Crippen LogP contribution < -0.4 is 5.32 Å². The third-order valence-corrected chi connectivity index (χ3v) is 5.08. The van der Waals surface area contributed by atoms with Crippen LogP contribution in [0.25, 0.3) is 0 Å². The molecule has 3 rings (SSSR count). The van der Waals surface area contributed by atoms with Gasteiger partial charge in [-0.3, -0.25) is 0 Å². The average Bonchev–Trinajstić information content (AvgIpc) is 3.18. The van der Waals surface area contributed by atoms with Crippen molar-refractivity contribution in [3.8, 4) is 0 Å². The average molecular weight is 269 g/mol. The third-order valence-electron chi connectivity index (χ3n) is 5.08. The molecule has 0 heterocycles. The molecule has 0 radical (unpaired) electrons. The van der Waals surface area contributed by atoms with E-state index in [0.29, 0.717) is 6.04 Å². The van der Waals surface area contributed by atoms with Crippen LogP contribution in [0.4, 0.5) is 0 Å². The lowest BCUT2D eigenvalue weighted by Gasteiger charge is -2.19. The van der Waals surface area contributed by atoms with Crippen LogP contribution in [-0.4, -0.2) is 12.6 Å². The largest absolute Gasteiger partial charge is 0.313 e. The summed E-state index contributed by atoms with van der Waals surface area (Å²) in [6.45, 7) is 9.69. The molecule has 0 spiro atoms. The number of nitrogens with one attached hydrogen (secondary N) is 1. The molecular formula is C19H27N. The summed E-state index contributed by atoms with van der Waals surface area (Å²) in [6, 6.07) is 9.73. The van der Waals surface area contributed by atoms with Crippen LogP contribution in [0.3, 0.4) is 0 Å². The van der Waals surface area contributed by atoms with Gasteiger partial charge in [0, 0.05) is 6.04 Å². The summed E-state index contributed by atoms with van der Waals surface area (Å²) in [5.74, 6) is 2.56. The number of hydrogen-bond acceptors (Lipinski definition) is 1. The maximum Gasteiger partial charge on any atom is 0.0141 e. The van der Waals surface area contributed by atoms with Gasteiger partial charge in [0.1, 0.15) is 0 Å². The molecule has 0 saturated heterocycles. The van der Waals surface area contributed by atoms with E-state index in [4.69, 9.17) is 0 Å². The molecule has 1 N–H and O–H groups in total. The summed E-state index contributed by atoms with van der Waals surface area (Å²) in [7, 11) is 0. The van der Waals surface area contributed by atoms with E-state index in [1.165, 1.54) is 24.8 Å². The molecule has 4 unspecified atom stereocenters. The maximum atomic E-state index is 4.13. The summed E-state index contributed by atoms with van der Waals surface area (Å²) in [5, 5.41) is 3.79. The van der Waals surface area contributed by atoms with Crippen LogP contribution in [0.1, 0.15) is 50.2 Å². The highest BCUT2D eigenvalue weighted by molar-refractivity contribution is 5.40. The van der Waals surface area contributed by atoms with Crippen molar-refractivity contribution >= 4 is 0 Å². The molecule has 1 aromatic carbocycles. The molecule has 1 saturated carbocycles. The Morgan fingerprint density at radius 2 is 2.20 bits per heavy atom. The molecule has 2 aliphatic carbocycles. The van der Waals surface area contributed by atoms with Gasteiger partial charge in [0.2, 0.25) is 0 Å². The minimum Gasteiger partial charge on any atom is -0.313 e. The van der Waals surface area contributed by atoms with E-state index in [9.17, 15) is 0 Å². The number of benzene rings is 1. The van der Waals surface area contributed by atoms with Crippen molar-refractivity contribution in [3.05, 3.63) is 47.5 Å². The van der Waals surface area contributed by atoms with Gasteiger partial charge in [-0.05, 0) is 68.0 Å². The zero-order valence-electron chi connectivity index (χ0n) is 12.9. The molecule has 1 nitrogen and oxygen atoms in total. The normalized spacial score (nSPS) is 28.4. The minimum atomic E-state index is 0.633. The Bertz CT molecular complexity index is 490. The Hall–Kier alpha value is -1.08. The first kappa shape index (κ1) is 13.9. The predicted octanol–water partition coefficient (Wildman–Crippen LogP) is 4.30. The quantitative estimate of drug-likeness (QED) is 0.759. The van der Waals surface area contributed by atoms with Crippen molar-refractivity contribution in [1.29, 1.82) is 0 Å². The molecule has 0 aromatic heterocycles. The highest BCUT2D eigenvalue weighted by atomic mass is 14.9. The first-order valence-corrected chi connectivity index (χ1v) is 8.18. The summed E-state index contributed by atoms with van der Waals surface area (Å²) in [6.07, 6.45) is 5.01. The number of rotatable bonds is 6. The monoisotopic (exact) mass is 269 g/mol. The fourth-order valence-electron chi connectivity index (χ4n) is 4.22. The molecule has 20 heavy (non-hydrogen) atoms. The molecule has 1 heteroatoms. The molecule has 108 valence electrons. The standard InChI is InChI=1S/C19H27N/c1-4-11-20-17(12-13(2)3)19-16-10-9-14-7-5-6-8-15(14)18(16)19/h5-8,16-20H,2,4,9-12H2,1,3H3. The van der Waals surface area contributed by atoms with Crippen molar-refractivity contribution in [3.63, 3.8) is 0 Å². The SMILES string of the molecule is C=C(C)CC(NCCC)C1C2CCc3ccccc3C21. The van der Waals surface area contributed by atoms with Gasteiger partial charge in [-0.2, -0.15) is 0 Å². The molecule has 2 aliphatic rings. The highest BCUT2D eigenvalue weighted by Crippen LogP contribution is 2.61. The van der Waals surface area contributed by atoms with E-state index < -0.39 is 0 Å². The first-order chi connectivity index (χ1) is 9.72. The molecule has 0 bridgehead atoms. The second-order valence-electron chi connectivity index (χ2n) is 6.73.